The molecule has 2 spiro atoms. The van der Waals surface area contributed by atoms with Gasteiger partial charge in [0.15, 0.2) is 0 Å². The normalized spacial score (nSPS) is 33.6. The van der Waals surface area contributed by atoms with Gasteiger partial charge in [-0.25, -0.2) is 0 Å². The topological polar surface area (TPSA) is 12.0 Å². The zero-order valence-electron chi connectivity index (χ0n) is 9.69. The van der Waals surface area contributed by atoms with E-state index in [9.17, 15) is 0 Å². The van der Waals surface area contributed by atoms with Crippen molar-refractivity contribution in [1.29, 1.82) is 0 Å². The van der Waals surface area contributed by atoms with Crippen LogP contribution in [0, 0.1) is 5.41 Å². The van der Waals surface area contributed by atoms with Crippen molar-refractivity contribution in [3.63, 3.8) is 0 Å². The van der Waals surface area contributed by atoms with Gasteiger partial charge in [-0.2, -0.15) is 0 Å². The van der Waals surface area contributed by atoms with Crippen molar-refractivity contribution in [3.05, 3.63) is 0 Å². The molecule has 1 saturated heterocycles. The summed E-state index contributed by atoms with van der Waals surface area (Å²) in [4.78, 5) is 0.506. The van der Waals surface area contributed by atoms with E-state index >= 15 is 0 Å². The summed E-state index contributed by atoms with van der Waals surface area (Å²) in [6.45, 7) is 1.26. The molecule has 2 heteroatoms. The molecule has 0 aromatic heterocycles. The summed E-state index contributed by atoms with van der Waals surface area (Å²) < 4.78 is 0. The maximum atomic E-state index is 3.80. The molecule has 1 heterocycles. The summed E-state index contributed by atoms with van der Waals surface area (Å²) in [6.07, 6.45) is 13.4. The monoisotopic (exact) mass is 225 g/mol. The summed E-state index contributed by atoms with van der Waals surface area (Å²) in [5, 5.41) is 3.80. The number of nitrogens with one attached hydrogen (secondary N) is 1. The molecule has 0 aromatic carbocycles. The van der Waals surface area contributed by atoms with Gasteiger partial charge in [0, 0.05) is 0 Å². The Hall–Kier alpha value is 0.310. The van der Waals surface area contributed by atoms with Crippen LogP contribution in [0.4, 0.5) is 0 Å². The number of thioether (sulfide) groups is 1. The second-order valence-corrected chi connectivity index (χ2v) is 7.31. The van der Waals surface area contributed by atoms with Gasteiger partial charge in [0.25, 0.3) is 0 Å². The second-order valence-electron chi connectivity index (χ2n) is 5.83. The van der Waals surface area contributed by atoms with Gasteiger partial charge >= 0.3 is 0 Å². The fourth-order valence-corrected chi connectivity index (χ4v) is 5.21. The first-order valence-corrected chi connectivity index (χ1v) is 7.70. The standard InChI is InChI=1S/C13H23NS/c1-2-5-12(4-1)6-8-13(9-7-12)14-10-3-11-15-13/h14H,1-11H2. The SMILES string of the molecule is C1CNC2(CCC3(CCCC3)CC2)SC1. The lowest BCUT2D eigenvalue weighted by Crippen LogP contribution is -2.49. The van der Waals surface area contributed by atoms with Crippen molar-refractivity contribution in [2.45, 2.75) is 62.7 Å². The molecule has 1 nitrogen and oxygen atoms in total. The molecule has 0 bridgehead atoms. The predicted molar refractivity (Wildman–Crippen MR) is 67.2 cm³/mol. The molecule has 0 amide bonds. The Labute approximate surface area is 97.8 Å². The minimum absolute atomic E-state index is 0.506. The molecular formula is C13H23NS. The Morgan fingerprint density at radius 3 is 2.13 bits per heavy atom. The highest BCUT2D eigenvalue weighted by atomic mass is 32.2. The molecule has 2 aliphatic carbocycles. The molecule has 3 aliphatic rings. The van der Waals surface area contributed by atoms with Gasteiger partial charge in [0.05, 0.1) is 4.87 Å². The first-order chi connectivity index (χ1) is 7.33. The number of hydrogen-bond acceptors (Lipinski definition) is 2. The molecule has 0 unspecified atom stereocenters. The smallest absolute Gasteiger partial charge is 0.0645 e. The molecule has 15 heavy (non-hydrogen) atoms. The van der Waals surface area contributed by atoms with E-state index in [-0.39, 0.29) is 0 Å². The quantitative estimate of drug-likeness (QED) is 0.677. The van der Waals surface area contributed by atoms with E-state index in [1.807, 2.05) is 0 Å². The Morgan fingerprint density at radius 1 is 0.800 bits per heavy atom. The second kappa shape index (κ2) is 3.96. The van der Waals surface area contributed by atoms with E-state index in [1.54, 1.807) is 0 Å². The Morgan fingerprint density at radius 2 is 1.53 bits per heavy atom. The third-order valence-corrected chi connectivity index (χ3v) is 6.53. The zero-order chi connectivity index (χ0) is 10.2. The molecule has 0 aromatic rings. The molecule has 0 atom stereocenters. The van der Waals surface area contributed by atoms with Crippen LogP contribution in [-0.4, -0.2) is 17.2 Å². The van der Waals surface area contributed by atoms with Gasteiger partial charge in [-0.15, -0.1) is 11.8 Å². The maximum absolute atomic E-state index is 3.80. The van der Waals surface area contributed by atoms with E-state index in [4.69, 9.17) is 0 Å². The Kier molecular flexibility index (Phi) is 2.76. The van der Waals surface area contributed by atoms with E-state index in [0.717, 1.165) is 5.41 Å². The van der Waals surface area contributed by atoms with E-state index in [0.29, 0.717) is 4.87 Å². The van der Waals surface area contributed by atoms with Gasteiger partial charge in [0.2, 0.25) is 0 Å². The summed E-state index contributed by atoms with van der Waals surface area (Å²) in [5.74, 6) is 1.39. The first kappa shape index (κ1) is 10.5. The Balaban J connectivity index is 1.63. The molecule has 2 saturated carbocycles. The third kappa shape index (κ3) is 1.95. The summed E-state index contributed by atoms with van der Waals surface area (Å²) in [7, 11) is 0. The van der Waals surface area contributed by atoms with Gasteiger partial charge in [0.1, 0.15) is 0 Å². The maximum Gasteiger partial charge on any atom is 0.0645 e. The average Bonchev–Trinajstić information content (AvgIpc) is 2.74. The van der Waals surface area contributed by atoms with Crippen LogP contribution in [0.25, 0.3) is 0 Å². The lowest BCUT2D eigenvalue weighted by atomic mass is 9.71. The highest BCUT2D eigenvalue weighted by Crippen LogP contribution is 2.54. The molecule has 3 rings (SSSR count). The van der Waals surface area contributed by atoms with Crippen molar-refractivity contribution < 1.29 is 0 Å². The summed E-state index contributed by atoms with van der Waals surface area (Å²) >= 11 is 2.22. The molecule has 1 aliphatic heterocycles. The van der Waals surface area contributed by atoms with Gasteiger partial charge < -0.3 is 5.32 Å². The van der Waals surface area contributed by atoms with Crippen LogP contribution in [-0.2, 0) is 0 Å². The lowest BCUT2D eigenvalue weighted by Gasteiger charge is -2.47. The fraction of sp³-hybridized carbons (Fsp3) is 1.00. The highest BCUT2D eigenvalue weighted by molar-refractivity contribution is 8.00. The van der Waals surface area contributed by atoms with Crippen molar-refractivity contribution in [3.8, 4) is 0 Å². The van der Waals surface area contributed by atoms with Crippen LogP contribution in [0.15, 0.2) is 0 Å². The Bertz CT molecular complexity index is 215. The fourth-order valence-electron chi connectivity index (χ4n) is 3.84. The van der Waals surface area contributed by atoms with Crippen LogP contribution < -0.4 is 5.32 Å². The van der Waals surface area contributed by atoms with Crippen LogP contribution in [0.5, 0.6) is 0 Å². The molecule has 86 valence electrons. The van der Waals surface area contributed by atoms with Crippen molar-refractivity contribution in [2.24, 2.45) is 5.41 Å². The largest absolute Gasteiger partial charge is 0.303 e. The minimum Gasteiger partial charge on any atom is -0.303 e. The lowest BCUT2D eigenvalue weighted by molar-refractivity contribution is 0.154. The summed E-state index contributed by atoms with van der Waals surface area (Å²) in [6, 6.07) is 0. The predicted octanol–water partition coefficient (Wildman–Crippen LogP) is 3.54. The molecule has 0 radical (unpaired) electrons. The average molecular weight is 225 g/mol. The van der Waals surface area contributed by atoms with Crippen molar-refractivity contribution in [1.82, 2.24) is 5.32 Å². The van der Waals surface area contributed by atoms with Crippen molar-refractivity contribution in [2.75, 3.05) is 12.3 Å². The first-order valence-electron chi connectivity index (χ1n) is 6.72. The van der Waals surface area contributed by atoms with Crippen LogP contribution in [0.2, 0.25) is 0 Å². The van der Waals surface area contributed by atoms with Crippen molar-refractivity contribution >= 4 is 11.8 Å². The highest BCUT2D eigenvalue weighted by Gasteiger charge is 2.44. The van der Waals surface area contributed by atoms with Crippen LogP contribution in [0.3, 0.4) is 0 Å². The third-order valence-electron chi connectivity index (χ3n) is 4.93. The van der Waals surface area contributed by atoms with Crippen LogP contribution in [0.1, 0.15) is 57.8 Å². The number of rotatable bonds is 0. The minimum atomic E-state index is 0.506. The van der Waals surface area contributed by atoms with Crippen LogP contribution >= 0.6 is 11.8 Å². The number of hydrogen-bond donors (Lipinski definition) is 1. The van der Waals surface area contributed by atoms with E-state index in [1.165, 1.54) is 70.1 Å². The zero-order valence-corrected chi connectivity index (χ0v) is 10.5. The molecule has 3 fully saturated rings. The van der Waals surface area contributed by atoms with E-state index < -0.39 is 0 Å². The molecular weight excluding hydrogens is 202 g/mol. The molecule has 1 N–H and O–H groups in total. The summed E-state index contributed by atoms with van der Waals surface area (Å²) in [5.41, 5.74) is 0.797. The van der Waals surface area contributed by atoms with Gasteiger partial charge in [-0.05, 0) is 62.7 Å². The van der Waals surface area contributed by atoms with E-state index in [2.05, 4.69) is 17.1 Å². The van der Waals surface area contributed by atoms with Gasteiger partial charge in [-0.3, -0.25) is 0 Å². The van der Waals surface area contributed by atoms with Gasteiger partial charge in [-0.1, -0.05) is 12.8 Å².